The van der Waals surface area contributed by atoms with E-state index >= 15 is 0 Å². The van der Waals surface area contributed by atoms with Crippen LogP contribution < -0.4 is 4.74 Å². The lowest BCUT2D eigenvalue weighted by Gasteiger charge is -2.26. The summed E-state index contributed by atoms with van der Waals surface area (Å²) in [7, 11) is 0. The maximum absolute atomic E-state index is 8.72. The van der Waals surface area contributed by atoms with Crippen LogP contribution in [0.25, 0.3) is 0 Å². The lowest BCUT2D eigenvalue weighted by molar-refractivity contribution is 0.171. The van der Waals surface area contributed by atoms with Crippen molar-refractivity contribution in [3.05, 3.63) is 29.8 Å². The Kier molecular flexibility index (Phi) is 6.59. The highest BCUT2D eigenvalue weighted by atomic mass is 16.5. The molecule has 1 saturated heterocycles. The number of rotatable bonds is 4. The van der Waals surface area contributed by atoms with Gasteiger partial charge in [0.15, 0.2) is 0 Å². The molecule has 1 aliphatic rings. The number of likely N-dealkylation sites (tertiary alicyclic amines) is 1. The van der Waals surface area contributed by atoms with Gasteiger partial charge >= 0.3 is 0 Å². The molecule has 1 aromatic rings. The quantitative estimate of drug-likeness (QED) is 0.864. The van der Waals surface area contributed by atoms with E-state index in [0.29, 0.717) is 12.6 Å². The van der Waals surface area contributed by atoms with Crippen molar-refractivity contribution in [3.8, 4) is 17.6 Å². The number of benzene rings is 1. The lowest BCUT2D eigenvalue weighted by Crippen LogP contribution is -2.35. The minimum atomic E-state index is -0.113. The number of ether oxygens (including phenoxy) is 1. The summed E-state index contributed by atoms with van der Waals surface area (Å²) in [6.45, 7) is 5.08. The van der Waals surface area contributed by atoms with E-state index in [9.17, 15) is 0 Å². The topological polar surface area (TPSA) is 32.7 Å². The van der Waals surface area contributed by atoms with Crippen molar-refractivity contribution in [2.24, 2.45) is 0 Å². The molecule has 3 nitrogen and oxygen atoms in total. The first kappa shape index (κ1) is 15.9. The van der Waals surface area contributed by atoms with Gasteiger partial charge in [-0.1, -0.05) is 30.7 Å². The first-order valence-corrected chi connectivity index (χ1v) is 7.86. The van der Waals surface area contributed by atoms with Crippen LogP contribution in [0.1, 0.15) is 38.2 Å². The van der Waals surface area contributed by atoms with Gasteiger partial charge in [0.05, 0.1) is 0 Å². The van der Waals surface area contributed by atoms with Crippen LogP contribution in [-0.4, -0.2) is 42.4 Å². The number of aliphatic hydroxyl groups excluding tert-OH is 1. The van der Waals surface area contributed by atoms with Gasteiger partial charge in [0.2, 0.25) is 0 Å². The van der Waals surface area contributed by atoms with Crippen molar-refractivity contribution in [1.29, 1.82) is 0 Å². The van der Waals surface area contributed by atoms with E-state index in [4.69, 9.17) is 9.84 Å². The molecule has 0 saturated carbocycles. The van der Waals surface area contributed by atoms with Gasteiger partial charge in [-0.15, -0.1) is 0 Å². The highest BCUT2D eigenvalue weighted by Gasteiger charge is 2.16. The Morgan fingerprint density at radius 2 is 2.24 bits per heavy atom. The van der Waals surface area contributed by atoms with Crippen molar-refractivity contribution in [1.82, 2.24) is 4.90 Å². The summed E-state index contributed by atoms with van der Waals surface area (Å²) in [5.41, 5.74) is 0.879. The highest BCUT2D eigenvalue weighted by molar-refractivity contribution is 5.39. The summed E-state index contributed by atoms with van der Waals surface area (Å²) >= 11 is 0. The van der Waals surface area contributed by atoms with Crippen LogP contribution in [0.3, 0.4) is 0 Å². The van der Waals surface area contributed by atoms with Crippen molar-refractivity contribution in [3.63, 3.8) is 0 Å². The monoisotopic (exact) mass is 287 g/mol. The average Bonchev–Trinajstić information content (AvgIpc) is 2.71. The largest absolute Gasteiger partial charge is 0.492 e. The third-order valence-electron chi connectivity index (χ3n) is 3.98. The van der Waals surface area contributed by atoms with Gasteiger partial charge in [-0.25, -0.2) is 0 Å². The second-order valence-corrected chi connectivity index (χ2v) is 5.57. The van der Waals surface area contributed by atoms with Crippen molar-refractivity contribution in [2.75, 3.05) is 26.3 Å². The van der Waals surface area contributed by atoms with Gasteiger partial charge in [0.25, 0.3) is 0 Å². The Bertz CT molecular complexity index is 489. The Balaban J connectivity index is 1.82. The molecule has 114 valence electrons. The Morgan fingerprint density at radius 3 is 3.10 bits per heavy atom. The van der Waals surface area contributed by atoms with E-state index in [2.05, 4.69) is 23.7 Å². The molecule has 1 aliphatic heterocycles. The van der Waals surface area contributed by atoms with Gasteiger partial charge in [0.1, 0.15) is 19.0 Å². The highest BCUT2D eigenvalue weighted by Crippen LogP contribution is 2.17. The molecule has 1 unspecified atom stereocenters. The third-order valence-corrected chi connectivity index (χ3v) is 3.98. The van der Waals surface area contributed by atoms with Crippen LogP contribution in [0, 0.1) is 11.8 Å². The summed E-state index contributed by atoms with van der Waals surface area (Å²) in [6.07, 6.45) is 5.31. The molecule has 0 spiro atoms. The van der Waals surface area contributed by atoms with E-state index in [0.717, 1.165) is 17.9 Å². The van der Waals surface area contributed by atoms with E-state index in [1.165, 1.54) is 32.2 Å². The first-order valence-electron chi connectivity index (χ1n) is 7.86. The fourth-order valence-corrected chi connectivity index (χ4v) is 2.75. The standard InChI is InChI=1S/C18H25NO2/c1-16-7-3-2-4-11-19(16)12-14-21-18-10-5-8-17(15-18)9-6-13-20/h5,8,10,15-16,20H,2-4,7,11-14H2,1H3. The number of nitrogens with zero attached hydrogens (tertiary/aromatic N) is 1. The van der Waals surface area contributed by atoms with Crippen molar-refractivity contribution < 1.29 is 9.84 Å². The lowest BCUT2D eigenvalue weighted by atomic mass is 10.1. The molecular formula is C18H25NO2. The van der Waals surface area contributed by atoms with Gasteiger partial charge in [0, 0.05) is 18.2 Å². The molecule has 1 fully saturated rings. The molecule has 1 aromatic carbocycles. The summed E-state index contributed by atoms with van der Waals surface area (Å²) in [5, 5.41) is 8.72. The molecule has 0 aromatic heterocycles. The van der Waals surface area contributed by atoms with Crippen LogP contribution in [0.15, 0.2) is 24.3 Å². The zero-order valence-corrected chi connectivity index (χ0v) is 12.8. The second kappa shape index (κ2) is 8.71. The summed E-state index contributed by atoms with van der Waals surface area (Å²) in [4.78, 5) is 2.53. The second-order valence-electron chi connectivity index (χ2n) is 5.57. The molecule has 1 atom stereocenters. The summed E-state index contributed by atoms with van der Waals surface area (Å²) in [5.74, 6) is 6.40. The third kappa shape index (κ3) is 5.41. The average molecular weight is 287 g/mol. The predicted molar refractivity (Wildman–Crippen MR) is 85.4 cm³/mol. The van der Waals surface area contributed by atoms with E-state index in [1.54, 1.807) is 0 Å². The van der Waals surface area contributed by atoms with Gasteiger partial charge in [-0.3, -0.25) is 4.90 Å². The van der Waals surface area contributed by atoms with E-state index in [1.807, 2.05) is 24.3 Å². The summed E-state index contributed by atoms with van der Waals surface area (Å²) in [6, 6.07) is 8.40. The molecule has 1 N–H and O–H groups in total. The first-order chi connectivity index (χ1) is 10.3. The molecule has 2 rings (SSSR count). The SMILES string of the molecule is CC1CCCCCN1CCOc1cccc(C#CCO)c1. The molecule has 0 aliphatic carbocycles. The number of aliphatic hydroxyl groups is 1. The van der Waals surface area contributed by atoms with Crippen molar-refractivity contribution >= 4 is 0 Å². The van der Waals surface area contributed by atoms with Gasteiger partial charge in [-0.2, -0.15) is 0 Å². The molecule has 3 heteroatoms. The smallest absolute Gasteiger partial charge is 0.120 e. The van der Waals surface area contributed by atoms with Crippen LogP contribution in [0.4, 0.5) is 0 Å². The molecular weight excluding hydrogens is 262 g/mol. The Labute approximate surface area is 127 Å². The molecule has 0 amide bonds. The van der Waals surface area contributed by atoms with E-state index < -0.39 is 0 Å². The Hall–Kier alpha value is -1.50. The number of hydrogen-bond acceptors (Lipinski definition) is 3. The van der Waals surface area contributed by atoms with Crippen LogP contribution in [0.2, 0.25) is 0 Å². The molecule has 21 heavy (non-hydrogen) atoms. The fraction of sp³-hybridized carbons (Fsp3) is 0.556. The van der Waals surface area contributed by atoms with E-state index in [-0.39, 0.29) is 6.61 Å². The molecule has 1 heterocycles. The van der Waals surface area contributed by atoms with Crippen molar-refractivity contribution in [2.45, 2.75) is 38.6 Å². The maximum Gasteiger partial charge on any atom is 0.120 e. The summed E-state index contributed by atoms with van der Waals surface area (Å²) < 4.78 is 5.85. The normalized spacial score (nSPS) is 19.4. The minimum absolute atomic E-state index is 0.113. The minimum Gasteiger partial charge on any atom is -0.492 e. The molecule has 0 radical (unpaired) electrons. The predicted octanol–water partition coefficient (Wildman–Crippen LogP) is 2.67. The van der Waals surface area contributed by atoms with Crippen LogP contribution in [0.5, 0.6) is 5.75 Å². The fourth-order valence-electron chi connectivity index (χ4n) is 2.75. The van der Waals surface area contributed by atoms with Crippen LogP contribution in [-0.2, 0) is 0 Å². The Morgan fingerprint density at radius 1 is 1.33 bits per heavy atom. The zero-order valence-electron chi connectivity index (χ0n) is 12.8. The maximum atomic E-state index is 8.72. The number of hydrogen-bond donors (Lipinski definition) is 1. The van der Waals surface area contributed by atoms with Gasteiger partial charge < -0.3 is 9.84 Å². The molecule has 0 bridgehead atoms. The van der Waals surface area contributed by atoms with Gasteiger partial charge in [-0.05, 0) is 44.5 Å². The van der Waals surface area contributed by atoms with Crippen LogP contribution >= 0.6 is 0 Å². The zero-order chi connectivity index (χ0) is 14.9.